The van der Waals surface area contributed by atoms with E-state index in [-0.39, 0.29) is 12.3 Å². The maximum atomic E-state index is 11.1. The fourth-order valence-corrected chi connectivity index (χ4v) is 4.33. The number of thiazole rings is 1. The number of aromatic nitrogens is 4. The molecule has 0 saturated carbocycles. The predicted octanol–water partition coefficient (Wildman–Crippen LogP) is 3.35. The van der Waals surface area contributed by atoms with Crippen LogP contribution in [0.4, 0.5) is 0 Å². The van der Waals surface area contributed by atoms with Crippen LogP contribution in [0, 0.1) is 0 Å². The van der Waals surface area contributed by atoms with E-state index in [4.69, 9.17) is 14.6 Å². The average molecular weight is 416 g/mol. The highest BCUT2D eigenvalue weighted by Gasteiger charge is 2.16. The number of furan rings is 2. The molecule has 4 aromatic heterocycles. The molecular formula is C18H17N5O3S2. The molecule has 0 aliphatic carbocycles. The summed E-state index contributed by atoms with van der Waals surface area (Å²) in [4.78, 5) is 15.8. The zero-order chi connectivity index (χ0) is 19.3. The van der Waals surface area contributed by atoms with Gasteiger partial charge in [-0.1, -0.05) is 11.8 Å². The van der Waals surface area contributed by atoms with E-state index in [1.165, 1.54) is 23.1 Å². The lowest BCUT2D eigenvalue weighted by molar-refractivity contribution is -0.118. The van der Waals surface area contributed by atoms with Crippen LogP contribution in [0.3, 0.4) is 0 Å². The van der Waals surface area contributed by atoms with Crippen LogP contribution < -0.4 is 5.73 Å². The Morgan fingerprint density at radius 1 is 1.21 bits per heavy atom. The minimum atomic E-state index is -0.366. The normalized spacial score (nSPS) is 11.1. The second kappa shape index (κ2) is 8.44. The number of hydrogen-bond donors (Lipinski definition) is 1. The number of aryl methyl sites for hydroxylation is 1. The Hall–Kier alpha value is -2.85. The van der Waals surface area contributed by atoms with Crippen molar-refractivity contribution in [1.82, 2.24) is 19.7 Å². The van der Waals surface area contributed by atoms with E-state index < -0.39 is 0 Å². The van der Waals surface area contributed by atoms with Gasteiger partial charge in [0, 0.05) is 24.0 Å². The number of hydrogen-bond acceptors (Lipinski definition) is 8. The van der Waals surface area contributed by atoms with Gasteiger partial charge >= 0.3 is 0 Å². The van der Waals surface area contributed by atoms with Crippen molar-refractivity contribution >= 4 is 29.0 Å². The van der Waals surface area contributed by atoms with Gasteiger partial charge < -0.3 is 14.6 Å². The third-order valence-corrected chi connectivity index (χ3v) is 5.82. The maximum Gasteiger partial charge on any atom is 0.217 e. The molecule has 1 amide bonds. The summed E-state index contributed by atoms with van der Waals surface area (Å²) in [5, 5.41) is 12.1. The molecule has 0 unspecified atom stereocenters. The Balaban J connectivity index is 1.49. The summed E-state index contributed by atoms with van der Waals surface area (Å²) in [6.07, 6.45) is 3.92. The lowest BCUT2D eigenvalue weighted by Gasteiger charge is -2.07. The Morgan fingerprint density at radius 2 is 2.07 bits per heavy atom. The smallest absolute Gasteiger partial charge is 0.217 e. The van der Waals surface area contributed by atoms with Crippen LogP contribution in [-0.4, -0.2) is 25.7 Å². The second-order valence-corrected chi connectivity index (χ2v) is 7.74. The molecule has 4 rings (SSSR count). The first-order chi connectivity index (χ1) is 13.7. The molecule has 0 bridgehead atoms. The molecule has 2 N–H and O–H groups in total. The quantitative estimate of drug-likeness (QED) is 0.417. The van der Waals surface area contributed by atoms with Crippen molar-refractivity contribution in [2.45, 2.75) is 30.3 Å². The monoisotopic (exact) mass is 415 g/mol. The van der Waals surface area contributed by atoms with E-state index in [9.17, 15) is 4.79 Å². The molecule has 8 nitrogen and oxygen atoms in total. The molecule has 0 radical (unpaired) electrons. The number of primary amides is 1. The number of nitrogens with two attached hydrogens (primary N) is 1. The van der Waals surface area contributed by atoms with Crippen molar-refractivity contribution in [3.05, 3.63) is 59.5 Å². The van der Waals surface area contributed by atoms with Crippen LogP contribution in [0.5, 0.6) is 0 Å². The molecule has 10 heteroatoms. The van der Waals surface area contributed by atoms with E-state index in [0.29, 0.717) is 24.5 Å². The number of nitrogens with zero attached hydrogens (tertiary/aromatic N) is 4. The molecular weight excluding hydrogens is 398 g/mol. The summed E-state index contributed by atoms with van der Waals surface area (Å²) in [5.41, 5.74) is 6.21. The SMILES string of the molecule is NC(=O)CCc1nnc(SCc2csc(-c3ccco3)n2)n1Cc1ccco1. The number of carbonyl (C=O) groups is 1. The van der Waals surface area contributed by atoms with Crippen molar-refractivity contribution in [2.75, 3.05) is 0 Å². The molecule has 0 fully saturated rings. The van der Waals surface area contributed by atoms with E-state index in [0.717, 1.165) is 27.4 Å². The fourth-order valence-electron chi connectivity index (χ4n) is 2.59. The molecule has 4 aromatic rings. The highest BCUT2D eigenvalue weighted by Crippen LogP contribution is 2.28. The minimum Gasteiger partial charge on any atom is -0.467 e. The first-order valence-electron chi connectivity index (χ1n) is 8.53. The van der Waals surface area contributed by atoms with Gasteiger partial charge in [0.1, 0.15) is 11.6 Å². The highest BCUT2D eigenvalue weighted by atomic mass is 32.2. The van der Waals surface area contributed by atoms with Gasteiger partial charge in [-0.15, -0.1) is 21.5 Å². The zero-order valence-corrected chi connectivity index (χ0v) is 16.4. The molecule has 0 spiro atoms. The Bertz CT molecular complexity index is 1040. The van der Waals surface area contributed by atoms with Gasteiger partial charge in [0.05, 0.1) is 24.8 Å². The number of carbonyl (C=O) groups excluding carboxylic acids is 1. The molecule has 0 atom stereocenters. The van der Waals surface area contributed by atoms with Gasteiger partial charge in [-0.25, -0.2) is 4.98 Å². The van der Waals surface area contributed by atoms with Gasteiger partial charge in [0.25, 0.3) is 0 Å². The van der Waals surface area contributed by atoms with Gasteiger partial charge in [-0.3, -0.25) is 9.36 Å². The van der Waals surface area contributed by atoms with Crippen molar-refractivity contribution in [2.24, 2.45) is 5.73 Å². The Kier molecular flexibility index (Phi) is 5.58. The van der Waals surface area contributed by atoms with Gasteiger partial charge in [0.15, 0.2) is 15.9 Å². The van der Waals surface area contributed by atoms with Crippen molar-refractivity contribution in [3.8, 4) is 10.8 Å². The van der Waals surface area contributed by atoms with Gasteiger partial charge in [0.2, 0.25) is 5.91 Å². The molecule has 0 aliphatic heterocycles. The predicted molar refractivity (Wildman–Crippen MR) is 105 cm³/mol. The fraction of sp³-hybridized carbons (Fsp3) is 0.222. The van der Waals surface area contributed by atoms with Crippen LogP contribution in [-0.2, 0) is 23.5 Å². The van der Waals surface area contributed by atoms with Crippen molar-refractivity contribution < 1.29 is 13.6 Å². The van der Waals surface area contributed by atoms with Crippen molar-refractivity contribution in [3.63, 3.8) is 0 Å². The topological polar surface area (TPSA) is 113 Å². The third-order valence-electron chi connectivity index (χ3n) is 3.92. The van der Waals surface area contributed by atoms with Crippen LogP contribution in [0.1, 0.15) is 23.7 Å². The van der Waals surface area contributed by atoms with E-state index in [1.54, 1.807) is 12.5 Å². The van der Waals surface area contributed by atoms with E-state index in [1.807, 2.05) is 34.2 Å². The van der Waals surface area contributed by atoms with Gasteiger partial charge in [-0.2, -0.15) is 0 Å². The highest BCUT2D eigenvalue weighted by molar-refractivity contribution is 7.98. The molecule has 28 heavy (non-hydrogen) atoms. The summed E-state index contributed by atoms with van der Waals surface area (Å²) in [5.74, 6) is 2.53. The first kappa shape index (κ1) is 18.5. The first-order valence-corrected chi connectivity index (χ1v) is 10.4. The molecule has 0 aliphatic rings. The average Bonchev–Trinajstić information content (AvgIpc) is 3.45. The number of amides is 1. The summed E-state index contributed by atoms with van der Waals surface area (Å²) in [7, 11) is 0. The van der Waals surface area contributed by atoms with Crippen LogP contribution >= 0.6 is 23.1 Å². The molecule has 144 valence electrons. The summed E-state index contributed by atoms with van der Waals surface area (Å²) >= 11 is 3.07. The number of thioether (sulfide) groups is 1. The lowest BCUT2D eigenvalue weighted by Crippen LogP contribution is -2.14. The van der Waals surface area contributed by atoms with Crippen LogP contribution in [0.2, 0.25) is 0 Å². The Morgan fingerprint density at radius 3 is 2.82 bits per heavy atom. The van der Waals surface area contributed by atoms with Crippen LogP contribution in [0.25, 0.3) is 10.8 Å². The Labute approximate surface area is 168 Å². The molecule has 4 heterocycles. The third kappa shape index (κ3) is 4.34. The van der Waals surface area contributed by atoms with E-state index in [2.05, 4.69) is 15.2 Å². The van der Waals surface area contributed by atoms with Gasteiger partial charge in [-0.05, 0) is 24.3 Å². The summed E-state index contributed by atoms with van der Waals surface area (Å²) in [6.45, 7) is 0.491. The molecule has 0 saturated heterocycles. The lowest BCUT2D eigenvalue weighted by atomic mass is 10.3. The largest absolute Gasteiger partial charge is 0.467 e. The zero-order valence-electron chi connectivity index (χ0n) is 14.8. The number of rotatable bonds is 9. The summed E-state index contributed by atoms with van der Waals surface area (Å²) < 4.78 is 12.8. The van der Waals surface area contributed by atoms with E-state index >= 15 is 0 Å². The van der Waals surface area contributed by atoms with Crippen LogP contribution in [0.15, 0.2) is 56.2 Å². The molecule has 0 aromatic carbocycles. The minimum absolute atomic E-state index is 0.222. The summed E-state index contributed by atoms with van der Waals surface area (Å²) in [6, 6.07) is 7.46. The second-order valence-electron chi connectivity index (χ2n) is 5.94. The van der Waals surface area contributed by atoms with Crippen molar-refractivity contribution in [1.29, 1.82) is 0 Å². The standard InChI is InChI=1S/C18H17N5O3S2/c19-15(24)5-6-16-21-22-18(23(16)9-13-3-1-7-25-13)28-11-12-10-27-17(20-12)14-4-2-8-26-14/h1-4,7-8,10H,5-6,9,11H2,(H2,19,24). The maximum absolute atomic E-state index is 11.1.